The molecule has 2 aliphatic carbocycles. The zero-order valence-electron chi connectivity index (χ0n) is 19.1. The molecule has 1 aliphatic heterocycles. The molecule has 1 unspecified atom stereocenters. The smallest absolute Gasteiger partial charge is 0.407 e. The molecule has 2 fully saturated rings. The third kappa shape index (κ3) is 5.76. The van der Waals surface area contributed by atoms with Crippen molar-refractivity contribution >= 4 is 23.5 Å². The van der Waals surface area contributed by atoms with Gasteiger partial charge in [0.05, 0.1) is 24.6 Å². The minimum Gasteiger partial charge on any atom is -0.446 e. The Morgan fingerprint density at radius 2 is 1.88 bits per heavy atom. The van der Waals surface area contributed by atoms with Crippen LogP contribution in [-0.4, -0.2) is 47.6 Å². The molecule has 4 atom stereocenters. The van der Waals surface area contributed by atoms with E-state index in [0.717, 1.165) is 25.7 Å². The zero-order valence-corrected chi connectivity index (χ0v) is 19.1. The number of ether oxygens (including phenoxy) is 1. The maximum Gasteiger partial charge on any atom is 0.407 e. The van der Waals surface area contributed by atoms with Crippen LogP contribution >= 0.6 is 0 Å². The van der Waals surface area contributed by atoms with Crippen LogP contribution in [0.3, 0.4) is 0 Å². The molecule has 0 saturated heterocycles. The molecule has 4 N–H and O–H groups in total. The summed E-state index contributed by atoms with van der Waals surface area (Å²) in [5, 5.41) is 22.1. The van der Waals surface area contributed by atoms with Crippen molar-refractivity contribution in [1.82, 2.24) is 10.3 Å². The molecule has 1 aromatic carbocycles. The number of nitrogens with one attached hydrogen (secondary N) is 2. The van der Waals surface area contributed by atoms with E-state index in [9.17, 15) is 19.2 Å². The van der Waals surface area contributed by atoms with Crippen molar-refractivity contribution in [1.29, 1.82) is 5.26 Å². The highest BCUT2D eigenvalue weighted by atomic mass is 19.1. The second-order valence-electron chi connectivity index (χ2n) is 9.32. The largest absolute Gasteiger partial charge is 0.446 e. The SMILES string of the molecule is N#C[C@H]1C[C@@H](OC(=O)NC2CCCCC2)CC[C@@H]1N1CC(C(N)=O)C(Nc2ccc(F)cc2)=N1. The Bertz CT molecular complexity index is 956. The van der Waals surface area contributed by atoms with E-state index in [0.29, 0.717) is 30.8 Å². The van der Waals surface area contributed by atoms with Crippen LogP contribution in [0.1, 0.15) is 51.4 Å². The number of halogens is 1. The van der Waals surface area contributed by atoms with E-state index >= 15 is 0 Å². The summed E-state index contributed by atoms with van der Waals surface area (Å²) in [6, 6.07) is 8.01. The molecule has 1 aromatic rings. The Balaban J connectivity index is 1.37. The standard InChI is InChI=1S/C24H31FN6O3/c25-16-6-8-18(9-7-16)28-23-20(22(27)32)14-31(30-23)21-11-10-19(12-15(21)13-26)34-24(33)29-17-4-2-1-3-5-17/h6-9,15,17,19-21H,1-5,10-12,14H2,(H2,27,32)(H,28,30)(H,29,33)/t15-,19+,20?,21+/m1/s1. The zero-order chi connectivity index (χ0) is 24.1. The number of nitriles is 1. The van der Waals surface area contributed by atoms with Gasteiger partial charge in [0.15, 0.2) is 0 Å². The van der Waals surface area contributed by atoms with Gasteiger partial charge < -0.3 is 21.1 Å². The predicted molar refractivity (Wildman–Crippen MR) is 124 cm³/mol. The highest BCUT2D eigenvalue weighted by molar-refractivity contribution is 6.10. The number of benzene rings is 1. The van der Waals surface area contributed by atoms with Crippen LogP contribution in [0.2, 0.25) is 0 Å². The molecule has 34 heavy (non-hydrogen) atoms. The average Bonchev–Trinajstić information content (AvgIpc) is 3.25. The van der Waals surface area contributed by atoms with Gasteiger partial charge in [-0.1, -0.05) is 19.3 Å². The summed E-state index contributed by atoms with van der Waals surface area (Å²) in [5.41, 5.74) is 6.19. The van der Waals surface area contributed by atoms with Crippen molar-refractivity contribution in [2.75, 3.05) is 11.9 Å². The molecule has 0 aromatic heterocycles. The molecule has 4 rings (SSSR count). The van der Waals surface area contributed by atoms with Crippen LogP contribution in [-0.2, 0) is 9.53 Å². The van der Waals surface area contributed by atoms with Gasteiger partial charge in [-0.05, 0) is 49.9 Å². The Morgan fingerprint density at radius 3 is 2.56 bits per heavy atom. The van der Waals surface area contributed by atoms with Gasteiger partial charge in [-0.25, -0.2) is 9.18 Å². The Hall–Kier alpha value is -3.35. The second kappa shape index (κ2) is 10.7. The number of amidine groups is 1. The first-order valence-corrected chi connectivity index (χ1v) is 12.0. The number of hydrogen-bond donors (Lipinski definition) is 3. The quantitative estimate of drug-likeness (QED) is 0.606. The van der Waals surface area contributed by atoms with Crippen LogP contribution < -0.4 is 16.4 Å². The molecule has 1 heterocycles. The monoisotopic (exact) mass is 470 g/mol. The average molecular weight is 471 g/mol. The van der Waals surface area contributed by atoms with Crippen molar-refractivity contribution in [3.8, 4) is 6.07 Å². The topological polar surface area (TPSA) is 133 Å². The Morgan fingerprint density at radius 1 is 1.15 bits per heavy atom. The van der Waals surface area contributed by atoms with Gasteiger partial charge in [0.1, 0.15) is 23.7 Å². The van der Waals surface area contributed by atoms with Crippen molar-refractivity contribution in [2.45, 2.75) is 69.6 Å². The first kappa shape index (κ1) is 23.8. The summed E-state index contributed by atoms with van der Waals surface area (Å²) in [5.74, 6) is -1.60. The molecule has 9 nitrogen and oxygen atoms in total. The first-order valence-electron chi connectivity index (χ1n) is 12.0. The summed E-state index contributed by atoms with van der Waals surface area (Å²) >= 11 is 0. The summed E-state index contributed by atoms with van der Waals surface area (Å²) in [6.45, 7) is 0.259. The van der Waals surface area contributed by atoms with Gasteiger partial charge in [0, 0.05) is 18.2 Å². The van der Waals surface area contributed by atoms with Gasteiger partial charge in [0.25, 0.3) is 0 Å². The lowest BCUT2D eigenvalue weighted by Gasteiger charge is -2.36. The lowest BCUT2D eigenvalue weighted by Crippen LogP contribution is -2.45. The van der Waals surface area contributed by atoms with Crippen molar-refractivity contribution in [3.05, 3.63) is 30.1 Å². The van der Waals surface area contributed by atoms with Crippen LogP contribution in [0.4, 0.5) is 14.9 Å². The van der Waals surface area contributed by atoms with E-state index in [1.54, 1.807) is 17.1 Å². The number of nitrogens with zero attached hydrogens (tertiary/aromatic N) is 3. The number of primary amides is 1. The molecule has 10 heteroatoms. The summed E-state index contributed by atoms with van der Waals surface area (Å²) in [7, 11) is 0. The maximum atomic E-state index is 13.2. The normalized spacial score (nSPS) is 27.4. The van der Waals surface area contributed by atoms with Gasteiger partial charge in [-0.2, -0.15) is 10.4 Å². The second-order valence-corrected chi connectivity index (χ2v) is 9.32. The van der Waals surface area contributed by atoms with E-state index in [-0.39, 0.29) is 30.5 Å². The highest BCUT2D eigenvalue weighted by Gasteiger charge is 2.41. The first-order chi connectivity index (χ1) is 16.4. The number of rotatable bonds is 5. The van der Waals surface area contributed by atoms with Gasteiger partial charge in [-0.15, -0.1) is 0 Å². The lowest BCUT2D eigenvalue weighted by molar-refractivity contribution is -0.120. The number of nitrogens with two attached hydrogens (primary N) is 1. The molecule has 182 valence electrons. The van der Waals surface area contributed by atoms with Crippen molar-refractivity contribution in [3.63, 3.8) is 0 Å². The molecule has 2 amide bonds. The van der Waals surface area contributed by atoms with Crippen LogP contribution in [0.15, 0.2) is 29.4 Å². The van der Waals surface area contributed by atoms with E-state index in [4.69, 9.17) is 10.5 Å². The molecule has 0 bridgehead atoms. The molecule has 3 aliphatic rings. The molecular formula is C24H31FN6O3. The Labute approximate surface area is 198 Å². The van der Waals surface area contributed by atoms with Crippen molar-refractivity contribution in [2.24, 2.45) is 22.7 Å². The number of amides is 2. The minimum atomic E-state index is -0.667. The predicted octanol–water partition coefficient (Wildman–Crippen LogP) is 3.09. The number of hydrazone groups is 1. The van der Waals surface area contributed by atoms with Gasteiger partial charge in [-0.3, -0.25) is 9.80 Å². The van der Waals surface area contributed by atoms with Crippen LogP contribution in [0.25, 0.3) is 0 Å². The number of carbonyl (C=O) groups is 2. The number of anilines is 1. The number of hydrogen-bond acceptors (Lipinski definition) is 7. The van der Waals surface area contributed by atoms with E-state index in [2.05, 4.69) is 21.8 Å². The van der Waals surface area contributed by atoms with Gasteiger partial charge >= 0.3 is 6.09 Å². The molecule has 0 radical (unpaired) electrons. The summed E-state index contributed by atoms with van der Waals surface area (Å²) in [6.07, 6.45) is 6.26. The third-order valence-electron chi connectivity index (χ3n) is 6.91. The van der Waals surface area contributed by atoms with Crippen LogP contribution in [0, 0.1) is 29.0 Å². The fraction of sp³-hybridized carbons (Fsp3) is 0.583. The van der Waals surface area contributed by atoms with Gasteiger partial charge in [0.2, 0.25) is 5.91 Å². The Kier molecular flexibility index (Phi) is 7.50. The maximum absolute atomic E-state index is 13.2. The highest BCUT2D eigenvalue weighted by Crippen LogP contribution is 2.33. The third-order valence-corrected chi connectivity index (χ3v) is 6.91. The molecule has 0 spiro atoms. The fourth-order valence-electron chi connectivity index (χ4n) is 5.07. The minimum absolute atomic E-state index is 0.168. The summed E-state index contributed by atoms with van der Waals surface area (Å²) < 4.78 is 18.8. The van der Waals surface area contributed by atoms with E-state index in [1.165, 1.54) is 18.6 Å². The summed E-state index contributed by atoms with van der Waals surface area (Å²) in [4.78, 5) is 24.4. The fourth-order valence-corrected chi connectivity index (χ4v) is 5.07. The lowest BCUT2D eigenvalue weighted by atomic mass is 9.83. The van der Waals surface area contributed by atoms with E-state index in [1.807, 2.05) is 0 Å². The number of alkyl carbamates (subject to hydrolysis) is 1. The van der Waals surface area contributed by atoms with Crippen LogP contribution in [0.5, 0.6) is 0 Å². The van der Waals surface area contributed by atoms with Crippen molar-refractivity contribution < 1.29 is 18.7 Å². The number of carbonyl (C=O) groups excluding carboxylic acids is 2. The van der Waals surface area contributed by atoms with E-state index < -0.39 is 23.8 Å². The molecule has 2 saturated carbocycles. The molecular weight excluding hydrogens is 439 g/mol.